The van der Waals surface area contributed by atoms with E-state index in [0.717, 1.165) is 24.9 Å². The van der Waals surface area contributed by atoms with Gasteiger partial charge in [0.1, 0.15) is 0 Å². The van der Waals surface area contributed by atoms with Crippen molar-refractivity contribution >= 4 is 11.9 Å². The van der Waals surface area contributed by atoms with Crippen LogP contribution in [-0.4, -0.2) is 42.0 Å². The van der Waals surface area contributed by atoms with Gasteiger partial charge in [-0.1, -0.05) is 19.3 Å². The van der Waals surface area contributed by atoms with Gasteiger partial charge in [-0.3, -0.25) is 15.0 Å². The number of fused-ring (bicyclic) bond motifs is 1. The van der Waals surface area contributed by atoms with Crippen LogP contribution in [0.4, 0.5) is 4.79 Å². The summed E-state index contributed by atoms with van der Waals surface area (Å²) < 4.78 is 0. The minimum atomic E-state index is -0.403. The van der Waals surface area contributed by atoms with Gasteiger partial charge in [0.2, 0.25) is 5.91 Å². The highest BCUT2D eigenvalue weighted by Crippen LogP contribution is 2.35. The van der Waals surface area contributed by atoms with Crippen LogP contribution >= 0.6 is 0 Å². The highest BCUT2D eigenvalue weighted by molar-refractivity contribution is 5.95. The Morgan fingerprint density at radius 1 is 1.10 bits per heavy atom. The van der Waals surface area contributed by atoms with Crippen molar-refractivity contribution in [1.29, 1.82) is 0 Å². The summed E-state index contributed by atoms with van der Waals surface area (Å²) in [7, 11) is 0. The van der Waals surface area contributed by atoms with Crippen LogP contribution in [0, 0.1) is 11.8 Å². The van der Waals surface area contributed by atoms with Gasteiger partial charge in [-0.05, 0) is 52.0 Å². The number of amides is 3. The molecule has 1 aliphatic heterocycles. The minimum Gasteiger partial charge on any atom is -0.333 e. The van der Waals surface area contributed by atoms with Gasteiger partial charge >= 0.3 is 6.03 Å². The van der Waals surface area contributed by atoms with Crippen molar-refractivity contribution in [2.24, 2.45) is 11.8 Å². The molecule has 0 radical (unpaired) electrons. The predicted molar refractivity (Wildman–Crippen MR) is 82.9 cm³/mol. The van der Waals surface area contributed by atoms with Gasteiger partial charge < -0.3 is 5.32 Å². The molecule has 2 fully saturated rings. The van der Waals surface area contributed by atoms with E-state index in [0.29, 0.717) is 6.54 Å². The van der Waals surface area contributed by atoms with Crippen molar-refractivity contribution in [2.75, 3.05) is 19.6 Å². The number of imide groups is 1. The normalized spacial score (nSPS) is 26.8. The fourth-order valence-corrected chi connectivity index (χ4v) is 3.56. The monoisotopic (exact) mass is 295 g/mol. The van der Waals surface area contributed by atoms with Crippen LogP contribution in [-0.2, 0) is 4.79 Å². The molecule has 2 rings (SSSR count). The summed E-state index contributed by atoms with van der Waals surface area (Å²) in [4.78, 5) is 25.8. The zero-order chi connectivity index (χ0) is 15.5. The lowest BCUT2D eigenvalue weighted by Gasteiger charge is -2.41. The fraction of sp³-hybridized carbons (Fsp3) is 0.875. The molecule has 2 aliphatic rings. The molecule has 1 saturated heterocycles. The summed E-state index contributed by atoms with van der Waals surface area (Å²) in [5, 5.41) is 5.17. The molecule has 21 heavy (non-hydrogen) atoms. The Morgan fingerprint density at radius 3 is 2.43 bits per heavy atom. The van der Waals surface area contributed by atoms with Crippen LogP contribution in [0.25, 0.3) is 0 Å². The molecule has 3 amide bonds. The van der Waals surface area contributed by atoms with Crippen LogP contribution in [0.2, 0.25) is 0 Å². The second-order valence-electron chi connectivity index (χ2n) is 7.58. The first-order chi connectivity index (χ1) is 9.83. The number of carbonyl (C=O) groups excluding carboxylic acids is 2. The van der Waals surface area contributed by atoms with Crippen molar-refractivity contribution in [1.82, 2.24) is 15.5 Å². The molecule has 0 bridgehead atoms. The maximum Gasteiger partial charge on any atom is 0.321 e. The molecule has 0 aromatic heterocycles. The van der Waals surface area contributed by atoms with Crippen molar-refractivity contribution < 1.29 is 9.59 Å². The summed E-state index contributed by atoms with van der Waals surface area (Å²) in [6.07, 6.45) is 6.56. The van der Waals surface area contributed by atoms with E-state index in [1.54, 1.807) is 0 Å². The molecule has 1 heterocycles. The second kappa shape index (κ2) is 6.77. The van der Waals surface area contributed by atoms with E-state index in [9.17, 15) is 9.59 Å². The zero-order valence-corrected chi connectivity index (χ0v) is 13.6. The van der Waals surface area contributed by atoms with Crippen molar-refractivity contribution in [2.45, 2.75) is 58.4 Å². The molecule has 2 N–H and O–H groups in total. The molecule has 5 heteroatoms. The Balaban J connectivity index is 1.74. The van der Waals surface area contributed by atoms with Crippen LogP contribution in [0.1, 0.15) is 52.9 Å². The molecule has 0 spiro atoms. The van der Waals surface area contributed by atoms with Crippen LogP contribution in [0.15, 0.2) is 0 Å². The maximum absolute atomic E-state index is 12.0. The molecule has 2 atom stereocenters. The molecule has 0 unspecified atom stereocenters. The van der Waals surface area contributed by atoms with Gasteiger partial charge in [0, 0.05) is 12.1 Å². The number of piperidine rings is 1. The van der Waals surface area contributed by atoms with Crippen LogP contribution in [0.5, 0.6) is 0 Å². The highest BCUT2D eigenvalue weighted by Gasteiger charge is 2.31. The van der Waals surface area contributed by atoms with Gasteiger partial charge in [0.05, 0.1) is 6.54 Å². The fourth-order valence-electron chi connectivity index (χ4n) is 3.56. The summed E-state index contributed by atoms with van der Waals surface area (Å²) in [5.41, 5.74) is -0.329. The number of likely N-dealkylation sites (tertiary alicyclic amines) is 1. The minimum absolute atomic E-state index is 0.203. The van der Waals surface area contributed by atoms with Gasteiger partial charge in [0.15, 0.2) is 0 Å². The smallest absolute Gasteiger partial charge is 0.321 e. The third-order valence-electron chi connectivity index (χ3n) is 4.48. The number of hydrogen-bond acceptors (Lipinski definition) is 3. The van der Waals surface area contributed by atoms with Gasteiger partial charge in [0.25, 0.3) is 0 Å². The average molecular weight is 295 g/mol. The molecule has 0 aromatic rings. The Kier molecular flexibility index (Phi) is 5.25. The second-order valence-corrected chi connectivity index (χ2v) is 7.58. The average Bonchev–Trinajstić information content (AvgIpc) is 2.35. The number of hydrogen-bond donors (Lipinski definition) is 2. The number of nitrogens with one attached hydrogen (secondary N) is 2. The lowest BCUT2D eigenvalue weighted by Crippen LogP contribution is -2.51. The van der Waals surface area contributed by atoms with Crippen LogP contribution in [0.3, 0.4) is 0 Å². The lowest BCUT2D eigenvalue weighted by atomic mass is 9.75. The third kappa shape index (κ3) is 5.30. The van der Waals surface area contributed by atoms with Crippen molar-refractivity contribution in [3.63, 3.8) is 0 Å². The van der Waals surface area contributed by atoms with Gasteiger partial charge in [-0.25, -0.2) is 4.79 Å². The molecule has 0 aromatic carbocycles. The number of rotatable bonds is 2. The zero-order valence-electron chi connectivity index (χ0n) is 13.6. The van der Waals surface area contributed by atoms with Crippen LogP contribution < -0.4 is 10.6 Å². The topological polar surface area (TPSA) is 61.4 Å². The molecule has 1 aliphatic carbocycles. The maximum atomic E-state index is 12.0. The Hall–Kier alpha value is -1.10. The first-order valence-corrected chi connectivity index (χ1v) is 8.18. The van der Waals surface area contributed by atoms with Crippen molar-refractivity contribution in [3.8, 4) is 0 Å². The SMILES string of the molecule is CC(C)(C)NC(=O)NC(=O)CN1CC[C@H]2CCCC[C@@H]2C1. The number of urea groups is 1. The third-order valence-corrected chi connectivity index (χ3v) is 4.48. The van der Waals surface area contributed by atoms with E-state index >= 15 is 0 Å². The van der Waals surface area contributed by atoms with E-state index in [2.05, 4.69) is 15.5 Å². The summed E-state index contributed by atoms with van der Waals surface area (Å²) in [5.74, 6) is 1.41. The number of nitrogens with zero attached hydrogens (tertiary/aromatic N) is 1. The van der Waals surface area contributed by atoms with Crippen molar-refractivity contribution in [3.05, 3.63) is 0 Å². The van der Waals surface area contributed by atoms with Gasteiger partial charge in [-0.2, -0.15) is 0 Å². The summed E-state index contributed by atoms with van der Waals surface area (Å²) >= 11 is 0. The molecule has 1 saturated carbocycles. The lowest BCUT2D eigenvalue weighted by molar-refractivity contribution is -0.121. The highest BCUT2D eigenvalue weighted by atomic mass is 16.2. The summed E-state index contributed by atoms with van der Waals surface area (Å²) in [6, 6.07) is -0.403. The molecular formula is C16H29N3O2. The first kappa shape index (κ1) is 16.3. The molecular weight excluding hydrogens is 266 g/mol. The van der Waals surface area contributed by atoms with E-state index < -0.39 is 6.03 Å². The number of carbonyl (C=O) groups is 2. The Bertz CT molecular complexity index is 389. The Morgan fingerprint density at radius 2 is 1.76 bits per heavy atom. The van der Waals surface area contributed by atoms with E-state index in [1.165, 1.54) is 32.1 Å². The largest absolute Gasteiger partial charge is 0.333 e. The van der Waals surface area contributed by atoms with Gasteiger partial charge in [-0.15, -0.1) is 0 Å². The quantitative estimate of drug-likeness (QED) is 0.820. The van der Waals surface area contributed by atoms with E-state index in [-0.39, 0.29) is 11.4 Å². The first-order valence-electron chi connectivity index (χ1n) is 8.18. The molecule has 5 nitrogen and oxygen atoms in total. The van der Waals surface area contributed by atoms with E-state index in [4.69, 9.17) is 0 Å². The standard InChI is InChI=1S/C16H29N3O2/c1-16(2,3)18-15(21)17-14(20)11-19-9-8-12-6-4-5-7-13(12)10-19/h12-13H,4-11H2,1-3H3,(H2,17,18,20,21)/t12-,13-/m1/s1. The molecule has 120 valence electrons. The van der Waals surface area contributed by atoms with E-state index in [1.807, 2.05) is 20.8 Å². The predicted octanol–water partition coefficient (Wildman–Crippen LogP) is 2.12. The summed E-state index contributed by atoms with van der Waals surface area (Å²) in [6.45, 7) is 8.01. The Labute approximate surface area is 127 Å².